The van der Waals surface area contributed by atoms with Crippen molar-refractivity contribution in [1.82, 2.24) is 0 Å². The van der Waals surface area contributed by atoms with Crippen LogP contribution in [0.2, 0.25) is 5.02 Å². The Morgan fingerprint density at radius 2 is 1.95 bits per heavy atom. The smallest absolute Gasteiger partial charge is 0.336 e. The predicted octanol–water partition coefficient (Wildman–Crippen LogP) is 3.02. The van der Waals surface area contributed by atoms with Crippen LogP contribution in [0.1, 0.15) is 42.1 Å². The maximum absolute atomic E-state index is 11.4. The molecular formula is C12H15ClO5S. The first-order valence-corrected chi connectivity index (χ1v) is 7.63. The van der Waals surface area contributed by atoms with Crippen LogP contribution in [0.15, 0.2) is 17.0 Å². The monoisotopic (exact) mass is 306 g/mol. The Bertz CT molecular complexity index is 580. The van der Waals surface area contributed by atoms with Crippen molar-refractivity contribution in [2.75, 3.05) is 0 Å². The van der Waals surface area contributed by atoms with Crippen LogP contribution in [0.5, 0.6) is 0 Å². The molecule has 0 spiro atoms. The van der Waals surface area contributed by atoms with Crippen LogP contribution in [-0.2, 0) is 16.5 Å². The molecule has 0 amide bonds. The van der Waals surface area contributed by atoms with E-state index in [1.54, 1.807) is 0 Å². The van der Waals surface area contributed by atoms with E-state index in [-0.39, 0.29) is 22.6 Å². The zero-order valence-electron chi connectivity index (χ0n) is 10.4. The molecule has 2 N–H and O–H groups in total. The van der Waals surface area contributed by atoms with E-state index in [0.717, 1.165) is 18.9 Å². The molecule has 0 aromatic heterocycles. The van der Waals surface area contributed by atoms with Crippen molar-refractivity contribution in [3.05, 3.63) is 28.3 Å². The summed E-state index contributed by atoms with van der Waals surface area (Å²) in [5.41, 5.74) is -0.0796. The van der Waals surface area contributed by atoms with Crippen molar-refractivity contribution in [1.29, 1.82) is 0 Å². The molecule has 0 fully saturated rings. The zero-order valence-corrected chi connectivity index (χ0v) is 12.0. The van der Waals surface area contributed by atoms with E-state index in [0.29, 0.717) is 6.42 Å². The number of unbranched alkanes of at least 4 members (excludes halogenated alkanes) is 2. The number of carboxylic acid groups (broad SMARTS) is 1. The van der Waals surface area contributed by atoms with Crippen molar-refractivity contribution >= 4 is 27.7 Å². The van der Waals surface area contributed by atoms with Crippen LogP contribution >= 0.6 is 11.6 Å². The fourth-order valence-electron chi connectivity index (χ4n) is 1.88. The van der Waals surface area contributed by atoms with Gasteiger partial charge >= 0.3 is 5.97 Å². The van der Waals surface area contributed by atoms with Gasteiger partial charge in [0.25, 0.3) is 10.1 Å². The standard InChI is InChI=1S/C12H15ClO5S/c1-2-3-4-5-8-9(12(14)15)6-7-10(13)11(8)19(16,17)18/h6-7H,2-5H2,1H3,(H,14,15)(H,16,17,18). The summed E-state index contributed by atoms with van der Waals surface area (Å²) in [6, 6.07) is 2.41. The molecule has 5 nitrogen and oxygen atoms in total. The van der Waals surface area contributed by atoms with Gasteiger partial charge in [-0.3, -0.25) is 4.55 Å². The van der Waals surface area contributed by atoms with Crippen LogP contribution in [0.3, 0.4) is 0 Å². The van der Waals surface area contributed by atoms with Gasteiger partial charge in [0.15, 0.2) is 0 Å². The van der Waals surface area contributed by atoms with Crippen LogP contribution < -0.4 is 0 Å². The summed E-state index contributed by atoms with van der Waals surface area (Å²) in [5, 5.41) is 8.92. The van der Waals surface area contributed by atoms with Gasteiger partial charge in [0.1, 0.15) is 4.90 Å². The molecular weight excluding hydrogens is 292 g/mol. The second kappa shape index (κ2) is 6.36. The molecule has 0 aliphatic rings. The first-order chi connectivity index (χ1) is 8.79. The van der Waals surface area contributed by atoms with E-state index in [9.17, 15) is 17.8 Å². The highest BCUT2D eigenvalue weighted by Gasteiger charge is 2.24. The SMILES string of the molecule is CCCCCc1c(C(=O)O)ccc(Cl)c1S(=O)(=O)O. The summed E-state index contributed by atoms with van der Waals surface area (Å²) >= 11 is 5.77. The number of benzene rings is 1. The molecule has 1 aromatic carbocycles. The second-order valence-electron chi connectivity index (χ2n) is 4.14. The average Bonchev–Trinajstić information content (AvgIpc) is 2.27. The Hall–Kier alpha value is -1.11. The first-order valence-electron chi connectivity index (χ1n) is 5.81. The summed E-state index contributed by atoms with van der Waals surface area (Å²) in [4.78, 5) is 10.6. The van der Waals surface area contributed by atoms with E-state index in [2.05, 4.69) is 0 Å². The number of hydrogen-bond donors (Lipinski definition) is 2. The molecule has 106 valence electrons. The Labute approximate surface area is 117 Å². The van der Waals surface area contributed by atoms with Gasteiger partial charge in [0, 0.05) is 0 Å². The number of carboxylic acids is 1. The molecule has 0 unspecified atom stereocenters. The van der Waals surface area contributed by atoms with E-state index >= 15 is 0 Å². The molecule has 0 radical (unpaired) electrons. The van der Waals surface area contributed by atoms with Crippen molar-refractivity contribution in [3.8, 4) is 0 Å². The first kappa shape index (κ1) is 15.9. The van der Waals surface area contributed by atoms with E-state index in [1.165, 1.54) is 6.07 Å². The third-order valence-corrected chi connectivity index (χ3v) is 4.14. The van der Waals surface area contributed by atoms with E-state index < -0.39 is 21.0 Å². The summed E-state index contributed by atoms with van der Waals surface area (Å²) in [6.45, 7) is 1.97. The minimum atomic E-state index is -4.55. The summed E-state index contributed by atoms with van der Waals surface area (Å²) in [7, 11) is -4.55. The number of hydrogen-bond acceptors (Lipinski definition) is 3. The van der Waals surface area contributed by atoms with Crippen LogP contribution in [0.25, 0.3) is 0 Å². The van der Waals surface area contributed by atoms with Crippen molar-refractivity contribution in [3.63, 3.8) is 0 Å². The maximum atomic E-state index is 11.4. The fourth-order valence-corrected chi connectivity index (χ4v) is 3.19. The van der Waals surface area contributed by atoms with Gasteiger partial charge < -0.3 is 5.11 Å². The topological polar surface area (TPSA) is 91.7 Å². The number of carbonyl (C=O) groups is 1. The quantitative estimate of drug-likeness (QED) is 0.622. The van der Waals surface area contributed by atoms with Gasteiger partial charge in [-0.2, -0.15) is 8.42 Å². The Morgan fingerprint density at radius 1 is 1.32 bits per heavy atom. The predicted molar refractivity (Wildman–Crippen MR) is 71.5 cm³/mol. The van der Waals surface area contributed by atoms with Crippen molar-refractivity contribution < 1.29 is 22.9 Å². The molecule has 1 rings (SSSR count). The van der Waals surface area contributed by atoms with Gasteiger partial charge in [0.2, 0.25) is 0 Å². The lowest BCUT2D eigenvalue weighted by atomic mass is 10.0. The Kier molecular flexibility index (Phi) is 5.34. The normalized spacial score (nSPS) is 11.5. The minimum absolute atomic E-state index is 0.0657. The summed E-state index contributed by atoms with van der Waals surface area (Å²) in [6.07, 6.45) is 2.60. The van der Waals surface area contributed by atoms with Crippen molar-refractivity contribution in [2.24, 2.45) is 0 Å². The number of aromatic carboxylic acids is 1. The molecule has 0 saturated carbocycles. The largest absolute Gasteiger partial charge is 0.478 e. The molecule has 7 heteroatoms. The molecule has 0 atom stereocenters. The van der Waals surface area contributed by atoms with Crippen molar-refractivity contribution in [2.45, 2.75) is 37.5 Å². The minimum Gasteiger partial charge on any atom is -0.478 e. The lowest BCUT2D eigenvalue weighted by Crippen LogP contribution is -2.11. The van der Waals surface area contributed by atoms with Gasteiger partial charge in [-0.1, -0.05) is 31.4 Å². The Balaban J connectivity index is 3.42. The molecule has 0 heterocycles. The summed E-state index contributed by atoms with van der Waals surface area (Å²) < 4.78 is 31.9. The highest BCUT2D eigenvalue weighted by atomic mass is 35.5. The third-order valence-electron chi connectivity index (χ3n) is 2.73. The zero-order chi connectivity index (χ0) is 14.6. The molecule has 0 bridgehead atoms. The maximum Gasteiger partial charge on any atom is 0.336 e. The fraction of sp³-hybridized carbons (Fsp3) is 0.417. The molecule has 0 aliphatic heterocycles. The Morgan fingerprint density at radius 3 is 2.42 bits per heavy atom. The average molecular weight is 307 g/mol. The molecule has 1 aromatic rings. The molecule has 19 heavy (non-hydrogen) atoms. The van der Waals surface area contributed by atoms with Gasteiger partial charge in [0.05, 0.1) is 10.6 Å². The summed E-state index contributed by atoms with van der Waals surface area (Å²) in [5.74, 6) is -1.24. The number of halogens is 1. The lowest BCUT2D eigenvalue weighted by molar-refractivity contribution is 0.0695. The molecule has 0 saturated heterocycles. The van der Waals surface area contributed by atoms with E-state index in [4.69, 9.17) is 16.7 Å². The van der Waals surface area contributed by atoms with Gasteiger partial charge in [-0.15, -0.1) is 0 Å². The molecule has 0 aliphatic carbocycles. The highest BCUT2D eigenvalue weighted by Crippen LogP contribution is 2.29. The van der Waals surface area contributed by atoms with Crippen LogP contribution in [-0.4, -0.2) is 24.0 Å². The van der Waals surface area contributed by atoms with Crippen LogP contribution in [0, 0.1) is 0 Å². The van der Waals surface area contributed by atoms with Gasteiger partial charge in [-0.25, -0.2) is 4.79 Å². The van der Waals surface area contributed by atoms with E-state index in [1.807, 2.05) is 6.92 Å². The van der Waals surface area contributed by atoms with Gasteiger partial charge in [-0.05, 0) is 30.5 Å². The highest BCUT2D eigenvalue weighted by molar-refractivity contribution is 7.86. The number of rotatable bonds is 6. The van der Waals surface area contributed by atoms with Crippen LogP contribution in [0.4, 0.5) is 0 Å². The second-order valence-corrected chi connectivity index (χ2v) is 5.91. The third kappa shape index (κ3) is 3.92. The lowest BCUT2D eigenvalue weighted by Gasteiger charge is -2.12.